The number of benzene rings is 1. The molecule has 2 aromatic rings. The first-order valence-corrected chi connectivity index (χ1v) is 8.16. The zero-order valence-corrected chi connectivity index (χ0v) is 14.0. The number of aryl methyl sites for hydroxylation is 4. The summed E-state index contributed by atoms with van der Waals surface area (Å²) >= 11 is 1.75. The van der Waals surface area contributed by atoms with Gasteiger partial charge in [-0.15, -0.1) is 10.2 Å². The summed E-state index contributed by atoms with van der Waals surface area (Å²) in [5.74, 6) is 0.931. The Balaban J connectivity index is 2.02. The molecule has 1 aromatic carbocycles. The maximum absolute atomic E-state index is 5.09. The van der Waals surface area contributed by atoms with Crippen molar-refractivity contribution < 1.29 is 4.74 Å². The summed E-state index contributed by atoms with van der Waals surface area (Å²) in [6.07, 6.45) is 2.78. The van der Waals surface area contributed by atoms with Crippen LogP contribution in [0.5, 0.6) is 0 Å². The molecule has 0 bridgehead atoms. The minimum Gasteiger partial charge on any atom is -0.385 e. The number of hydrogen-bond acceptors (Lipinski definition) is 4. The molecule has 1 aromatic heterocycles. The normalized spacial score (nSPS) is 11.0. The summed E-state index contributed by atoms with van der Waals surface area (Å²) in [7, 11) is 1.73. The Kier molecular flexibility index (Phi) is 5.82. The molecule has 2 rings (SSSR count). The molecule has 0 amide bonds. The summed E-state index contributed by atoms with van der Waals surface area (Å²) in [4.78, 5) is 0. The molecule has 4 nitrogen and oxygen atoms in total. The number of aromatic nitrogens is 3. The maximum atomic E-state index is 5.09. The zero-order chi connectivity index (χ0) is 15.2. The van der Waals surface area contributed by atoms with Crippen molar-refractivity contribution in [3.63, 3.8) is 0 Å². The third kappa shape index (κ3) is 4.32. The fourth-order valence-electron chi connectivity index (χ4n) is 2.46. The molecule has 114 valence electrons. The second kappa shape index (κ2) is 7.61. The van der Waals surface area contributed by atoms with E-state index in [0.717, 1.165) is 30.5 Å². The molecule has 0 aliphatic heterocycles. The number of rotatable bonds is 7. The molecule has 5 heteroatoms. The van der Waals surface area contributed by atoms with Crippen LogP contribution in [0.2, 0.25) is 0 Å². The molecule has 0 fully saturated rings. The monoisotopic (exact) mass is 305 g/mol. The van der Waals surface area contributed by atoms with Crippen molar-refractivity contribution in [2.24, 2.45) is 0 Å². The van der Waals surface area contributed by atoms with Gasteiger partial charge in [0.25, 0.3) is 0 Å². The summed E-state index contributed by atoms with van der Waals surface area (Å²) in [6.45, 7) is 8.16. The highest BCUT2D eigenvalue weighted by Crippen LogP contribution is 2.26. The van der Waals surface area contributed by atoms with Crippen LogP contribution in [0.4, 0.5) is 0 Å². The van der Waals surface area contributed by atoms with Crippen LogP contribution < -0.4 is 0 Å². The van der Waals surface area contributed by atoms with Crippen molar-refractivity contribution in [2.75, 3.05) is 13.7 Å². The number of hydrogen-bond donors (Lipinski definition) is 0. The van der Waals surface area contributed by atoms with Crippen molar-refractivity contribution in [2.45, 2.75) is 44.6 Å². The Morgan fingerprint density at radius 2 is 1.90 bits per heavy atom. The molecule has 0 radical (unpaired) electrons. The molecule has 21 heavy (non-hydrogen) atoms. The molecule has 0 aliphatic rings. The summed E-state index contributed by atoms with van der Waals surface area (Å²) in [6, 6.07) is 4.48. The van der Waals surface area contributed by atoms with Crippen LogP contribution in [0.25, 0.3) is 0 Å². The first kappa shape index (κ1) is 16.0. The van der Waals surface area contributed by atoms with Gasteiger partial charge in [0.2, 0.25) is 0 Å². The van der Waals surface area contributed by atoms with Crippen LogP contribution in [-0.2, 0) is 17.0 Å². The van der Waals surface area contributed by atoms with Crippen LogP contribution >= 0.6 is 11.8 Å². The molecular formula is C16H23N3OS. The van der Waals surface area contributed by atoms with Gasteiger partial charge in [0.15, 0.2) is 5.16 Å². The van der Waals surface area contributed by atoms with Crippen LogP contribution in [0.15, 0.2) is 23.6 Å². The average Bonchev–Trinajstić information content (AvgIpc) is 2.85. The third-order valence-electron chi connectivity index (χ3n) is 3.51. The molecular weight excluding hydrogens is 282 g/mol. The second-order valence-electron chi connectivity index (χ2n) is 5.32. The van der Waals surface area contributed by atoms with Crippen molar-refractivity contribution in [1.29, 1.82) is 0 Å². The highest BCUT2D eigenvalue weighted by molar-refractivity contribution is 7.98. The Labute approximate surface area is 130 Å². The average molecular weight is 305 g/mol. The predicted molar refractivity (Wildman–Crippen MR) is 86.7 cm³/mol. The van der Waals surface area contributed by atoms with Crippen molar-refractivity contribution in [3.05, 3.63) is 40.7 Å². The van der Waals surface area contributed by atoms with Gasteiger partial charge in [-0.3, -0.25) is 0 Å². The lowest BCUT2D eigenvalue weighted by Gasteiger charge is -2.11. The standard InChI is InChI=1S/C16H23N3OS/c1-12-8-13(2)15(14(3)9-12)10-21-16-18-17-11-19(16)6-5-7-20-4/h8-9,11H,5-7,10H2,1-4H3. The van der Waals surface area contributed by atoms with Gasteiger partial charge in [-0.25, -0.2) is 0 Å². The van der Waals surface area contributed by atoms with E-state index in [9.17, 15) is 0 Å². The lowest BCUT2D eigenvalue weighted by molar-refractivity contribution is 0.189. The SMILES string of the molecule is COCCCn1cnnc1SCc1c(C)cc(C)cc1C. The van der Waals surface area contributed by atoms with E-state index in [-0.39, 0.29) is 0 Å². The first-order chi connectivity index (χ1) is 10.1. The van der Waals surface area contributed by atoms with Gasteiger partial charge < -0.3 is 9.30 Å². The van der Waals surface area contributed by atoms with E-state index in [4.69, 9.17) is 4.74 Å². The van der Waals surface area contributed by atoms with Crippen LogP contribution in [0.1, 0.15) is 28.7 Å². The number of ether oxygens (including phenoxy) is 1. The molecule has 0 saturated heterocycles. The van der Waals surface area contributed by atoms with Gasteiger partial charge in [0.1, 0.15) is 6.33 Å². The molecule has 0 aliphatic carbocycles. The van der Waals surface area contributed by atoms with Crippen LogP contribution in [-0.4, -0.2) is 28.5 Å². The van der Waals surface area contributed by atoms with Crippen molar-refractivity contribution in [3.8, 4) is 0 Å². The van der Waals surface area contributed by atoms with Gasteiger partial charge in [-0.05, 0) is 43.9 Å². The van der Waals surface area contributed by atoms with Gasteiger partial charge in [0.05, 0.1) is 0 Å². The summed E-state index contributed by atoms with van der Waals surface area (Å²) in [5, 5.41) is 9.22. The van der Waals surface area contributed by atoms with Crippen LogP contribution in [0.3, 0.4) is 0 Å². The molecule has 1 heterocycles. The second-order valence-corrected chi connectivity index (χ2v) is 6.26. The third-order valence-corrected chi connectivity index (χ3v) is 4.52. The minimum absolute atomic E-state index is 0.762. The topological polar surface area (TPSA) is 39.9 Å². The van der Waals surface area contributed by atoms with E-state index in [1.807, 2.05) is 0 Å². The predicted octanol–water partition coefficient (Wildman–Crippen LogP) is 3.53. The van der Waals surface area contributed by atoms with Gasteiger partial charge in [-0.1, -0.05) is 29.5 Å². The van der Waals surface area contributed by atoms with Crippen LogP contribution in [0, 0.1) is 20.8 Å². The van der Waals surface area contributed by atoms with E-state index in [1.54, 1.807) is 25.2 Å². The van der Waals surface area contributed by atoms with Crippen molar-refractivity contribution >= 4 is 11.8 Å². The lowest BCUT2D eigenvalue weighted by atomic mass is 10.0. The molecule has 0 unspecified atom stereocenters. The van der Waals surface area contributed by atoms with E-state index >= 15 is 0 Å². The van der Waals surface area contributed by atoms with E-state index < -0.39 is 0 Å². The molecule has 0 saturated carbocycles. The van der Waals surface area contributed by atoms with Crippen molar-refractivity contribution in [1.82, 2.24) is 14.8 Å². The minimum atomic E-state index is 0.762. The summed E-state index contributed by atoms with van der Waals surface area (Å²) in [5.41, 5.74) is 5.43. The molecule has 0 atom stereocenters. The lowest BCUT2D eigenvalue weighted by Crippen LogP contribution is -2.02. The zero-order valence-electron chi connectivity index (χ0n) is 13.2. The Morgan fingerprint density at radius 3 is 2.57 bits per heavy atom. The summed E-state index contributed by atoms with van der Waals surface area (Å²) < 4.78 is 7.19. The number of methoxy groups -OCH3 is 1. The fraction of sp³-hybridized carbons (Fsp3) is 0.500. The molecule has 0 N–H and O–H groups in total. The van der Waals surface area contributed by atoms with E-state index in [0.29, 0.717) is 0 Å². The number of thioether (sulfide) groups is 1. The Morgan fingerprint density at radius 1 is 1.19 bits per heavy atom. The van der Waals surface area contributed by atoms with E-state index in [1.165, 1.54) is 22.3 Å². The molecule has 0 spiro atoms. The van der Waals surface area contributed by atoms with E-state index in [2.05, 4.69) is 47.7 Å². The van der Waals surface area contributed by atoms with Gasteiger partial charge in [-0.2, -0.15) is 0 Å². The van der Waals surface area contributed by atoms with Gasteiger partial charge in [0, 0.05) is 26.0 Å². The smallest absolute Gasteiger partial charge is 0.191 e. The maximum Gasteiger partial charge on any atom is 0.191 e. The fourth-order valence-corrected chi connectivity index (χ4v) is 3.60. The number of nitrogens with zero attached hydrogens (tertiary/aromatic N) is 3. The Hall–Kier alpha value is -1.33. The Bertz CT molecular complexity index is 572. The van der Waals surface area contributed by atoms with Gasteiger partial charge >= 0.3 is 0 Å². The quantitative estimate of drug-likeness (QED) is 0.579. The highest BCUT2D eigenvalue weighted by atomic mass is 32.2. The first-order valence-electron chi connectivity index (χ1n) is 7.18. The highest BCUT2D eigenvalue weighted by Gasteiger charge is 2.09. The largest absolute Gasteiger partial charge is 0.385 e.